The van der Waals surface area contributed by atoms with Crippen LogP contribution < -0.4 is 0 Å². The Balaban J connectivity index is 2.50. The molecule has 0 amide bonds. The molecule has 0 N–H and O–H groups in total. The van der Waals surface area contributed by atoms with E-state index in [1.807, 2.05) is 42.1 Å². The molecule has 0 aromatic heterocycles. The predicted molar refractivity (Wildman–Crippen MR) is 78.0 cm³/mol. The van der Waals surface area contributed by atoms with Gasteiger partial charge in [-0.05, 0) is 17.7 Å². The molecule has 1 aromatic carbocycles. The van der Waals surface area contributed by atoms with E-state index >= 15 is 0 Å². The van der Waals surface area contributed by atoms with Crippen molar-refractivity contribution in [2.45, 2.75) is 32.1 Å². The second-order valence-electron chi connectivity index (χ2n) is 4.27. The zero-order valence-electron chi connectivity index (χ0n) is 11.2. The summed E-state index contributed by atoms with van der Waals surface area (Å²) >= 11 is 1.84. The molecule has 0 heterocycles. The Morgan fingerprint density at radius 1 is 1.28 bits per heavy atom. The maximum atomic E-state index is 11.8. The number of unbranched alkanes of at least 4 members (excludes halogenated alkanes) is 2. The maximum absolute atomic E-state index is 11.8. The van der Waals surface area contributed by atoms with Crippen LogP contribution in [0, 0.1) is 0 Å². The summed E-state index contributed by atoms with van der Waals surface area (Å²) in [5.41, 5.74) is 1.05. The van der Waals surface area contributed by atoms with E-state index in [0.29, 0.717) is 0 Å². The second-order valence-corrected chi connectivity index (χ2v) is 5.42. The van der Waals surface area contributed by atoms with Gasteiger partial charge in [-0.1, -0.05) is 50.1 Å². The van der Waals surface area contributed by atoms with E-state index in [4.69, 9.17) is 4.74 Å². The SMILES string of the molecule is CCCCCSCC(C(=O)OC)c1ccccc1. The Hall–Kier alpha value is -0.960. The quantitative estimate of drug-likeness (QED) is 0.528. The van der Waals surface area contributed by atoms with Crippen molar-refractivity contribution in [1.29, 1.82) is 0 Å². The first-order valence-electron chi connectivity index (χ1n) is 6.50. The Kier molecular flexibility index (Phi) is 7.58. The summed E-state index contributed by atoms with van der Waals surface area (Å²) in [6.45, 7) is 2.20. The van der Waals surface area contributed by atoms with Crippen LogP contribution >= 0.6 is 11.8 Å². The highest BCUT2D eigenvalue weighted by Crippen LogP contribution is 2.23. The fourth-order valence-electron chi connectivity index (χ4n) is 1.78. The summed E-state index contributed by atoms with van der Waals surface area (Å²) in [6.07, 6.45) is 3.73. The molecule has 1 atom stereocenters. The molecule has 1 rings (SSSR count). The molecule has 0 bridgehead atoms. The molecule has 0 fully saturated rings. The largest absolute Gasteiger partial charge is 0.469 e. The lowest BCUT2D eigenvalue weighted by Crippen LogP contribution is -2.16. The molecule has 1 aromatic rings. The summed E-state index contributed by atoms with van der Waals surface area (Å²) in [5, 5.41) is 0. The second kappa shape index (κ2) is 9.03. The number of esters is 1. The number of carbonyl (C=O) groups excluding carboxylic acids is 1. The zero-order chi connectivity index (χ0) is 13.2. The van der Waals surface area contributed by atoms with Gasteiger partial charge in [0.2, 0.25) is 0 Å². The van der Waals surface area contributed by atoms with Gasteiger partial charge < -0.3 is 4.74 Å². The molecular formula is C15H22O2S. The minimum atomic E-state index is -0.136. The summed E-state index contributed by atoms with van der Waals surface area (Å²) in [7, 11) is 1.46. The van der Waals surface area contributed by atoms with Gasteiger partial charge in [0.25, 0.3) is 0 Å². The third-order valence-electron chi connectivity index (χ3n) is 2.86. The van der Waals surface area contributed by atoms with Crippen LogP contribution in [0.1, 0.15) is 37.7 Å². The average Bonchev–Trinajstić information content (AvgIpc) is 2.43. The van der Waals surface area contributed by atoms with Crippen molar-refractivity contribution in [2.75, 3.05) is 18.6 Å². The third-order valence-corrected chi connectivity index (χ3v) is 4.01. The molecule has 0 radical (unpaired) electrons. The van der Waals surface area contributed by atoms with Crippen molar-refractivity contribution in [3.63, 3.8) is 0 Å². The van der Waals surface area contributed by atoms with Crippen molar-refractivity contribution in [1.82, 2.24) is 0 Å². The normalized spacial score (nSPS) is 12.1. The minimum absolute atomic E-state index is 0.135. The topological polar surface area (TPSA) is 26.3 Å². The number of rotatable bonds is 8. The fourth-order valence-corrected chi connectivity index (χ4v) is 2.92. The minimum Gasteiger partial charge on any atom is -0.469 e. The fraction of sp³-hybridized carbons (Fsp3) is 0.533. The highest BCUT2D eigenvalue weighted by molar-refractivity contribution is 7.99. The highest BCUT2D eigenvalue weighted by Gasteiger charge is 2.20. The van der Waals surface area contributed by atoms with Crippen LogP contribution in [0.5, 0.6) is 0 Å². The number of benzene rings is 1. The third kappa shape index (κ3) is 5.13. The van der Waals surface area contributed by atoms with Crippen LogP contribution in [0.4, 0.5) is 0 Å². The standard InChI is InChI=1S/C15H22O2S/c1-3-4-8-11-18-12-14(15(16)17-2)13-9-6-5-7-10-13/h5-7,9-10,14H,3-4,8,11-12H2,1-2H3. The van der Waals surface area contributed by atoms with Crippen molar-refractivity contribution in [3.8, 4) is 0 Å². The molecule has 1 unspecified atom stereocenters. The van der Waals surface area contributed by atoms with Gasteiger partial charge in [0.1, 0.15) is 0 Å². The number of methoxy groups -OCH3 is 1. The Morgan fingerprint density at radius 2 is 2.00 bits per heavy atom. The molecule has 0 saturated carbocycles. The summed E-state index contributed by atoms with van der Waals surface area (Å²) in [6, 6.07) is 9.88. The average molecular weight is 266 g/mol. The van der Waals surface area contributed by atoms with E-state index in [1.54, 1.807) is 0 Å². The van der Waals surface area contributed by atoms with Gasteiger partial charge in [0, 0.05) is 5.75 Å². The first-order chi connectivity index (χ1) is 8.79. The lowest BCUT2D eigenvalue weighted by molar-refractivity contribution is -0.141. The molecule has 0 aliphatic rings. The maximum Gasteiger partial charge on any atom is 0.313 e. The van der Waals surface area contributed by atoms with Gasteiger partial charge in [-0.25, -0.2) is 0 Å². The van der Waals surface area contributed by atoms with Gasteiger partial charge in [0.05, 0.1) is 13.0 Å². The lowest BCUT2D eigenvalue weighted by Gasteiger charge is -2.14. The molecule has 18 heavy (non-hydrogen) atoms. The number of ether oxygens (including phenoxy) is 1. The van der Waals surface area contributed by atoms with E-state index in [2.05, 4.69) is 6.92 Å². The van der Waals surface area contributed by atoms with Crippen LogP contribution in [0.25, 0.3) is 0 Å². The number of carbonyl (C=O) groups is 1. The zero-order valence-corrected chi connectivity index (χ0v) is 12.0. The molecule has 0 aliphatic heterocycles. The molecule has 0 spiro atoms. The monoisotopic (exact) mass is 266 g/mol. The first kappa shape index (κ1) is 15.1. The first-order valence-corrected chi connectivity index (χ1v) is 7.65. The summed E-state index contributed by atoms with van der Waals surface area (Å²) in [4.78, 5) is 11.8. The molecule has 100 valence electrons. The molecule has 0 aliphatic carbocycles. The van der Waals surface area contributed by atoms with Crippen LogP contribution in [0.2, 0.25) is 0 Å². The van der Waals surface area contributed by atoms with E-state index < -0.39 is 0 Å². The van der Waals surface area contributed by atoms with Crippen LogP contribution in [-0.2, 0) is 9.53 Å². The van der Waals surface area contributed by atoms with Gasteiger partial charge in [-0.2, -0.15) is 11.8 Å². The summed E-state index contributed by atoms with van der Waals surface area (Å²) < 4.78 is 4.89. The lowest BCUT2D eigenvalue weighted by atomic mass is 10.0. The van der Waals surface area contributed by atoms with Crippen molar-refractivity contribution < 1.29 is 9.53 Å². The molecule has 2 nitrogen and oxygen atoms in total. The summed E-state index contributed by atoms with van der Waals surface area (Å²) in [5.74, 6) is 1.65. The molecular weight excluding hydrogens is 244 g/mol. The smallest absolute Gasteiger partial charge is 0.313 e. The van der Waals surface area contributed by atoms with Gasteiger partial charge >= 0.3 is 5.97 Å². The molecule has 0 saturated heterocycles. The number of hydrogen-bond acceptors (Lipinski definition) is 3. The van der Waals surface area contributed by atoms with Crippen LogP contribution in [0.15, 0.2) is 30.3 Å². The number of thioether (sulfide) groups is 1. The predicted octanol–water partition coefficient (Wildman–Crippen LogP) is 3.87. The van der Waals surface area contributed by atoms with E-state index in [0.717, 1.165) is 17.1 Å². The van der Waals surface area contributed by atoms with Crippen molar-refractivity contribution >= 4 is 17.7 Å². The van der Waals surface area contributed by atoms with E-state index in [9.17, 15) is 4.79 Å². The van der Waals surface area contributed by atoms with Crippen molar-refractivity contribution in [2.24, 2.45) is 0 Å². The van der Waals surface area contributed by atoms with Crippen LogP contribution in [0.3, 0.4) is 0 Å². The van der Waals surface area contributed by atoms with Crippen molar-refractivity contribution in [3.05, 3.63) is 35.9 Å². The molecule has 3 heteroatoms. The Bertz CT molecular complexity index is 338. The van der Waals surface area contributed by atoms with Gasteiger partial charge in [0.15, 0.2) is 0 Å². The van der Waals surface area contributed by atoms with E-state index in [-0.39, 0.29) is 11.9 Å². The van der Waals surface area contributed by atoms with Gasteiger partial charge in [-0.3, -0.25) is 4.79 Å². The van der Waals surface area contributed by atoms with Gasteiger partial charge in [-0.15, -0.1) is 0 Å². The van der Waals surface area contributed by atoms with Crippen LogP contribution in [-0.4, -0.2) is 24.6 Å². The number of hydrogen-bond donors (Lipinski definition) is 0. The highest BCUT2D eigenvalue weighted by atomic mass is 32.2. The Morgan fingerprint density at radius 3 is 2.61 bits per heavy atom. The van der Waals surface area contributed by atoms with E-state index in [1.165, 1.54) is 26.4 Å². The Labute approximate surface area is 114 Å².